The average Bonchev–Trinajstić information content (AvgIpc) is 3.08. The minimum atomic E-state index is -0.0693. The predicted octanol–water partition coefficient (Wildman–Crippen LogP) is 1.29. The van der Waals surface area contributed by atoms with Crippen molar-refractivity contribution in [1.29, 1.82) is 0 Å². The summed E-state index contributed by atoms with van der Waals surface area (Å²) in [5, 5.41) is 3.76. The minimum absolute atomic E-state index is 0.0239. The Hall–Kier alpha value is -1.24. The Labute approximate surface area is 139 Å². The van der Waals surface area contributed by atoms with Crippen LogP contribution in [0.4, 0.5) is 0 Å². The summed E-state index contributed by atoms with van der Waals surface area (Å²) >= 11 is 7.68. The minimum Gasteiger partial charge on any atom is -0.338 e. The molecule has 0 aliphatic carbocycles. The summed E-state index contributed by atoms with van der Waals surface area (Å²) in [5.74, 6) is 1.80. The lowest BCUT2D eigenvalue weighted by atomic mass is 10.1. The molecule has 0 saturated carbocycles. The second-order valence-electron chi connectivity index (χ2n) is 5.40. The highest BCUT2D eigenvalue weighted by molar-refractivity contribution is 7.99. The molecule has 1 aromatic rings. The number of rotatable bonds is 2. The molecule has 1 unspecified atom stereocenters. The first-order valence-electron chi connectivity index (χ1n) is 7.30. The predicted molar refractivity (Wildman–Crippen MR) is 88.2 cm³/mol. The molecule has 2 fully saturated rings. The van der Waals surface area contributed by atoms with Gasteiger partial charge in [0.05, 0.1) is 6.04 Å². The molecular weight excluding hydrogens is 322 g/mol. The van der Waals surface area contributed by atoms with Crippen molar-refractivity contribution in [2.75, 3.05) is 37.8 Å². The molecule has 1 aromatic carbocycles. The van der Waals surface area contributed by atoms with Crippen molar-refractivity contribution < 1.29 is 9.59 Å². The highest BCUT2D eigenvalue weighted by Gasteiger charge is 2.30. The number of nitrogens with one attached hydrogen (secondary N) is 1. The molecule has 2 amide bonds. The zero-order valence-electron chi connectivity index (χ0n) is 12.1. The largest absolute Gasteiger partial charge is 0.338 e. The Morgan fingerprint density at radius 3 is 2.55 bits per heavy atom. The van der Waals surface area contributed by atoms with E-state index < -0.39 is 0 Å². The van der Waals surface area contributed by atoms with E-state index in [-0.39, 0.29) is 17.9 Å². The average molecular weight is 340 g/mol. The van der Waals surface area contributed by atoms with Gasteiger partial charge in [0.25, 0.3) is 5.91 Å². The smallest absolute Gasteiger partial charge is 0.254 e. The molecule has 0 aromatic heterocycles. The van der Waals surface area contributed by atoms with Gasteiger partial charge in [0.2, 0.25) is 5.91 Å². The van der Waals surface area contributed by atoms with E-state index in [0.717, 1.165) is 11.6 Å². The summed E-state index contributed by atoms with van der Waals surface area (Å²) in [4.78, 5) is 28.4. The lowest BCUT2D eigenvalue weighted by Gasteiger charge is -2.36. The van der Waals surface area contributed by atoms with Crippen LogP contribution in [0.5, 0.6) is 0 Å². The van der Waals surface area contributed by atoms with E-state index in [0.29, 0.717) is 36.8 Å². The normalized spacial score (nSPS) is 22.0. The molecule has 1 atom stereocenters. The maximum absolute atomic E-state index is 12.4. The van der Waals surface area contributed by atoms with Gasteiger partial charge in [0.15, 0.2) is 0 Å². The summed E-state index contributed by atoms with van der Waals surface area (Å²) in [6.45, 7) is 2.32. The fourth-order valence-corrected chi connectivity index (χ4v) is 3.83. The zero-order chi connectivity index (χ0) is 15.5. The van der Waals surface area contributed by atoms with E-state index in [1.807, 2.05) is 4.90 Å². The van der Waals surface area contributed by atoms with Gasteiger partial charge in [0.1, 0.15) is 0 Å². The van der Waals surface area contributed by atoms with Crippen molar-refractivity contribution in [3.8, 4) is 0 Å². The van der Waals surface area contributed by atoms with Crippen molar-refractivity contribution in [3.05, 3.63) is 34.9 Å². The van der Waals surface area contributed by atoms with Crippen molar-refractivity contribution in [2.24, 2.45) is 0 Å². The molecule has 2 aliphatic heterocycles. The van der Waals surface area contributed by atoms with Crippen LogP contribution in [0.3, 0.4) is 0 Å². The first kappa shape index (κ1) is 15.6. The van der Waals surface area contributed by atoms with Crippen molar-refractivity contribution in [2.45, 2.75) is 6.04 Å². The van der Waals surface area contributed by atoms with Gasteiger partial charge in [-0.05, 0) is 18.2 Å². The summed E-state index contributed by atoms with van der Waals surface area (Å²) in [5.41, 5.74) is 0.598. The monoisotopic (exact) mass is 339 g/mol. The third-order valence-corrected chi connectivity index (χ3v) is 5.14. The second-order valence-corrected chi connectivity index (χ2v) is 6.87. The molecule has 22 heavy (non-hydrogen) atoms. The zero-order valence-corrected chi connectivity index (χ0v) is 13.7. The van der Waals surface area contributed by atoms with Crippen molar-refractivity contribution >= 4 is 35.2 Å². The molecule has 7 heteroatoms. The molecular formula is C15H18ClN3O2S. The number of thioether (sulfide) groups is 1. The number of carbonyl (C=O) groups is 2. The number of halogens is 1. The van der Waals surface area contributed by atoms with Crippen LogP contribution in [-0.4, -0.2) is 65.5 Å². The van der Waals surface area contributed by atoms with Gasteiger partial charge in [-0.1, -0.05) is 17.7 Å². The molecule has 118 valence electrons. The van der Waals surface area contributed by atoms with Gasteiger partial charge in [-0.25, -0.2) is 0 Å². The number of nitrogens with zero attached hydrogens (tertiary/aromatic N) is 2. The fraction of sp³-hybridized carbons (Fsp3) is 0.467. The van der Waals surface area contributed by atoms with Gasteiger partial charge in [-0.2, -0.15) is 0 Å². The van der Waals surface area contributed by atoms with Gasteiger partial charge in [0, 0.05) is 48.4 Å². The van der Waals surface area contributed by atoms with Crippen molar-refractivity contribution in [3.63, 3.8) is 0 Å². The number of piperazine rings is 1. The van der Waals surface area contributed by atoms with Crippen LogP contribution in [0, 0.1) is 0 Å². The van der Waals surface area contributed by atoms with Gasteiger partial charge in [-0.3, -0.25) is 14.9 Å². The maximum atomic E-state index is 12.4. The Morgan fingerprint density at radius 2 is 1.91 bits per heavy atom. The topological polar surface area (TPSA) is 52.7 Å². The summed E-state index contributed by atoms with van der Waals surface area (Å²) < 4.78 is 0. The van der Waals surface area contributed by atoms with E-state index in [1.54, 1.807) is 40.9 Å². The first-order chi connectivity index (χ1) is 10.6. The van der Waals surface area contributed by atoms with Crippen molar-refractivity contribution in [1.82, 2.24) is 15.1 Å². The highest BCUT2D eigenvalue weighted by Crippen LogP contribution is 2.16. The second kappa shape index (κ2) is 6.89. The summed E-state index contributed by atoms with van der Waals surface area (Å²) in [6.07, 6.45) is 0. The molecule has 1 N–H and O–H groups in total. The van der Waals surface area contributed by atoms with Crippen LogP contribution in [0.1, 0.15) is 10.4 Å². The Kier molecular flexibility index (Phi) is 4.90. The van der Waals surface area contributed by atoms with Gasteiger partial charge >= 0.3 is 0 Å². The van der Waals surface area contributed by atoms with Crippen LogP contribution >= 0.6 is 23.4 Å². The Bertz CT molecular complexity index is 570. The van der Waals surface area contributed by atoms with Crippen LogP contribution in [0.25, 0.3) is 0 Å². The molecule has 2 saturated heterocycles. The number of hydrogen-bond acceptors (Lipinski definition) is 4. The molecule has 2 heterocycles. The number of benzene rings is 1. The molecule has 0 bridgehead atoms. The van der Waals surface area contributed by atoms with Crippen LogP contribution in [0.15, 0.2) is 24.3 Å². The SMILES string of the molecule is O=C(c1cccc(Cl)c1)N1CCN(C(=O)C2CSCN2)CC1. The number of carbonyl (C=O) groups excluding carboxylic acids is 2. The van der Waals surface area contributed by atoms with E-state index in [2.05, 4.69) is 5.32 Å². The first-order valence-corrected chi connectivity index (χ1v) is 8.83. The van der Waals surface area contributed by atoms with E-state index in [1.165, 1.54) is 0 Å². The number of hydrogen-bond donors (Lipinski definition) is 1. The van der Waals surface area contributed by atoms with Crippen LogP contribution in [0.2, 0.25) is 5.02 Å². The Morgan fingerprint density at radius 1 is 1.18 bits per heavy atom. The van der Waals surface area contributed by atoms with E-state index in [4.69, 9.17) is 11.6 Å². The van der Waals surface area contributed by atoms with Crippen LogP contribution < -0.4 is 5.32 Å². The van der Waals surface area contributed by atoms with Crippen LogP contribution in [-0.2, 0) is 4.79 Å². The third kappa shape index (κ3) is 3.39. The standard InChI is InChI=1S/C15H18ClN3O2S/c16-12-3-1-2-11(8-12)14(20)18-4-6-19(7-5-18)15(21)13-9-22-10-17-13/h1-3,8,13,17H,4-7,9-10H2. The molecule has 5 nitrogen and oxygen atoms in total. The highest BCUT2D eigenvalue weighted by atomic mass is 35.5. The Balaban J connectivity index is 1.57. The molecule has 2 aliphatic rings. The lowest BCUT2D eigenvalue weighted by Crippen LogP contribution is -2.54. The molecule has 3 rings (SSSR count). The summed E-state index contributed by atoms with van der Waals surface area (Å²) in [7, 11) is 0. The number of amides is 2. The lowest BCUT2D eigenvalue weighted by molar-refractivity contribution is -0.134. The fourth-order valence-electron chi connectivity index (χ4n) is 2.71. The maximum Gasteiger partial charge on any atom is 0.254 e. The summed E-state index contributed by atoms with van der Waals surface area (Å²) in [6, 6.07) is 6.91. The van der Waals surface area contributed by atoms with E-state index >= 15 is 0 Å². The quantitative estimate of drug-likeness (QED) is 0.882. The van der Waals surface area contributed by atoms with Gasteiger partial charge < -0.3 is 9.80 Å². The van der Waals surface area contributed by atoms with E-state index in [9.17, 15) is 9.59 Å². The molecule has 0 radical (unpaired) electrons. The third-order valence-electron chi connectivity index (χ3n) is 3.96. The van der Waals surface area contributed by atoms with Gasteiger partial charge in [-0.15, -0.1) is 11.8 Å². The molecule has 0 spiro atoms.